The predicted molar refractivity (Wildman–Crippen MR) is 107 cm³/mol. The largest absolute Gasteiger partial charge is 0.332 e. The summed E-state index contributed by atoms with van der Waals surface area (Å²) in [6.45, 7) is 4.97. The predicted octanol–water partition coefficient (Wildman–Crippen LogP) is 3.14. The number of rotatable bonds is 5. The number of nitrogens with zero attached hydrogens (tertiary/aromatic N) is 6. The van der Waals surface area contributed by atoms with Gasteiger partial charge in [-0.1, -0.05) is 13.8 Å². The number of imidazole rings is 1. The van der Waals surface area contributed by atoms with Gasteiger partial charge < -0.3 is 9.88 Å². The molecule has 0 aliphatic heterocycles. The monoisotopic (exact) mass is 375 g/mol. The van der Waals surface area contributed by atoms with Crippen LogP contribution >= 0.6 is 0 Å². The third-order valence-electron chi connectivity index (χ3n) is 4.34. The molecule has 0 fully saturated rings. The Kier molecular flexibility index (Phi) is 4.60. The number of anilines is 1. The molecule has 0 saturated heterocycles. The van der Waals surface area contributed by atoms with Crippen LogP contribution < -0.4 is 5.32 Å². The summed E-state index contributed by atoms with van der Waals surface area (Å²) >= 11 is 0. The Morgan fingerprint density at radius 2 is 2.07 bits per heavy atom. The van der Waals surface area contributed by atoms with Gasteiger partial charge in [0.15, 0.2) is 0 Å². The van der Waals surface area contributed by atoms with Gasteiger partial charge in [-0.3, -0.25) is 9.48 Å². The molecule has 8 nitrogen and oxygen atoms in total. The number of carbonyl (C=O) groups is 1. The van der Waals surface area contributed by atoms with E-state index in [0.717, 1.165) is 28.8 Å². The maximum absolute atomic E-state index is 12.5. The summed E-state index contributed by atoms with van der Waals surface area (Å²) in [6, 6.07) is 5.66. The van der Waals surface area contributed by atoms with Crippen molar-refractivity contribution in [3.63, 3.8) is 0 Å². The van der Waals surface area contributed by atoms with E-state index in [2.05, 4.69) is 39.2 Å². The Bertz CT molecular complexity index is 1140. The van der Waals surface area contributed by atoms with E-state index in [4.69, 9.17) is 0 Å². The van der Waals surface area contributed by atoms with Gasteiger partial charge in [0.1, 0.15) is 5.82 Å². The molecule has 4 rings (SSSR count). The van der Waals surface area contributed by atoms with Crippen molar-refractivity contribution in [2.45, 2.75) is 20.4 Å². The lowest BCUT2D eigenvalue weighted by Crippen LogP contribution is -2.12. The zero-order valence-electron chi connectivity index (χ0n) is 16.0. The van der Waals surface area contributed by atoms with Crippen molar-refractivity contribution in [3.8, 4) is 11.4 Å². The highest BCUT2D eigenvalue weighted by Crippen LogP contribution is 2.21. The lowest BCUT2D eigenvalue weighted by atomic mass is 10.2. The van der Waals surface area contributed by atoms with Crippen LogP contribution in [-0.4, -0.2) is 35.2 Å². The fourth-order valence-electron chi connectivity index (χ4n) is 2.97. The second-order valence-corrected chi connectivity index (χ2v) is 7.15. The Hall–Kier alpha value is -3.55. The zero-order valence-corrected chi connectivity index (χ0v) is 16.0. The van der Waals surface area contributed by atoms with Gasteiger partial charge in [-0.2, -0.15) is 5.10 Å². The first kappa shape index (κ1) is 17.8. The highest BCUT2D eigenvalue weighted by atomic mass is 16.1. The van der Waals surface area contributed by atoms with Gasteiger partial charge in [-0.05, 0) is 18.1 Å². The summed E-state index contributed by atoms with van der Waals surface area (Å²) < 4.78 is 3.68. The molecule has 4 aromatic heterocycles. The van der Waals surface area contributed by atoms with Crippen LogP contribution in [0.5, 0.6) is 0 Å². The number of nitrogens with one attached hydrogen (secondary N) is 1. The lowest BCUT2D eigenvalue weighted by molar-refractivity contribution is 0.102. The van der Waals surface area contributed by atoms with Crippen LogP contribution in [0.25, 0.3) is 22.3 Å². The molecule has 1 N–H and O–H groups in total. The maximum Gasteiger partial charge on any atom is 0.260 e. The van der Waals surface area contributed by atoms with E-state index >= 15 is 0 Å². The molecule has 0 bridgehead atoms. The van der Waals surface area contributed by atoms with E-state index < -0.39 is 0 Å². The van der Waals surface area contributed by atoms with Crippen LogP contribution in [0.15, 0.2) is 49.3 Å². The summed E-state index contributed by atoms with van der Waals surface area (Å²) in [4.78, 5) is 25.7. The Labute approximate surface area is 162 Å². The number of carbonyl (C=O) groups excluding carboxylic acids is 1. The summed E-state index contributed by atoms with van der Waals surface area (Å²) in [6.07, 6.45) is 8.52. The molecule has 0 spiro atoms. The van der Waals surface area contributed by atoms with Gasteiger partial charge in [-0.15, -0.1) is 0 Å². The molecular formula is C20H21N7O. The number of aryl methyl sites for hydroxylation is 1. The first-order chi connectivity index (χ1) is 13.5. The molecular weight excluding hydrogens is 354 g/mol. The quantitative estimate of drug-likeness (QED) is 0.579. The summed E-state index contributed by atoms with van der Waals surface area (Å²) in [5.74, 6) is 0.658. The van der Waals surface area contributed by atoms with Crippen LogP contribution in [0.4, 0.5) is 5.82 Å². The average Bonchev–Trinajstić information content (AvgIpc) is 3.29. The van der Waals surface area contributed by atoms with Gasteiger partial charge in [-0.25, -0.2) is 15.0 Å². The molecule has 0 atom stereocenters. The molecule has 0 aliphatic carbocycles. The fraction of sp³-hybridized carbons (Fsp3) is 0.250. The van der Waals surface area contributed by atoms with Crippen molar-refractivity contribution in [2.24, 2.45) is 13.0 Å². The third kappa shape index (κ3) is 3.62. The minimum atomic E-state index is -0.246. The number of aromatic nitrogens is 6. The number of fused-ring (bicyclic) bond motifs is 1. The molecule has 1 amide bonds. The second kappa shape index (κ2) is 7.22. The van der Waals surface area contributed by atoms with Gasteiger partial charge >= 0.3 is 0 Å². The topological polar surface area (TPSA) is 90.5 Å². The highest BCUT2D eigenvalue weighted by Gasteiger charge is 2.12. The number of pyridine rings is 2. The fourth-order valence-corrected chi connectivity index (χ4v) is 2.97. The van der Waals surface area contributed by atoms with E-state index in [1.54, 1.807) is 41.9 Å². The van der Waals surface area contributed by atoms with Crippen molar-refractivity contribution in [2.75, 3.05) is 5.32 Å². The number of amides is 1. The Balaban J connectivity index is 1.57. The smallest absolute Gasteiger partial charge is 0.260 e. The molecule has 28 heavy (non-hydrogen) atoms. The molecule has 0 aliphatic rings. The summed E-state index contributed by atoms with van der Waals surface area (Å²) in [5, 5.41) is 7.95. The lowest BCUT2D eigenvalue weighted by Gasteiger charge is -2.06. The first-order valence-corrected chi connectivity index (χ1v) is 9.07. The van der Waals surface area contributed by atoms with Gasteiger partial charge in [0.25, 0.3) is 5.91 Å². The molecule has 8 heteroatoms. The maximum atomic E-state index is 12.5. The first-order valence-electron chi connectivity index (χ1n) is 9.07. The van der Waals surface area contributed by atoms with Crippen molar-refractivity contribution in [1.82, 2.24) is 29.3 Å². The van der Waals surface area contributed by atoms with E-state index in [9.17, 15) is 4.79 Å². The molecule has 142 valence electrons. The Morgan fingerprint density at radius 1 is 1.21 bits per heavy atom. The Morgan fingerprint density at radius 3 is 2.82 bits per heavy atom. The van der Waals surface area contributed by atoms with Crippen LogP contribution in [-0.2, 0) is 13.6 Å². The molecule has 0 saturated carbocycles. The number of hydrogen-bond acceptors (Lipinski definition) is 5. The van der Waals surface area contributed by atoms with E-state index in [0.29, 0.717) is 17.3 Å². The van der Waals surface area contributed by atoms with Crippen molar-refractivity contribution < 1.29 is 4.79 Å². The van der Waals surface area contributed by atoms with Crippen molar-refractivity contribution in [1.29, 1.82) is 0 Å². The van der Waals surface area contributed by atoms with Crippen LogP contribution in [0, 0.1) is 5.92 Å². The van der Waals surface area contributed by atoms with Crippen LogP contribution in [0.1, 0.15) is 24.2 Å². The highest BCUT2D eigenvalue weighted by molar-refractivity contribution is 6.04. The number of hydrogen-bond donors (Lipinski definition) is 1. The molecule has 4 aromatic rings. The average molecular weight is 375 g/mol. The van der Waals surface area contributed by atoms with Gasteiger partial charge in [0.05, 0.1) is 41.2 Å². The molecule has 0 radical (unpaired) electrons. The van der Waals surface area contributed by atoms with Gasteiger partial charge in [0, 0.05) is 37.4 Å². The minimum absolute atomic E-state index is 0.246. The summed E-state index contributed by atoms with van der Waals surface area (Å²) in [5.41, 5.74) is 2.98. The third-order valence-corrected chi connectivity index (χ3v) is 4.34. The molecule has 4 heterocycles. The van der Waals surface area contributed by atoms with E-state index in [1.165, 1.54) is 0 Å². The van der Waals surface area contributed by atoms with E-state index in [1.807, 2.05) is 23.7 Å². The zero-order chi connectivity index (χ0) is 19.7. The SMILES string of the molecule is CC(C)Cn1cc(C(=O)Nc2cc3nc(-c4cncn4C)ccc3cn2)cn1. The molecule has 0 unspecified atom stereocenters. The standard InChI is InChI=1S/C20H21N7O/c1-13(2)10-27-11-15(8-23-27)20(28)25-19-6-17-14(7-22-19)4-5-16(24-17)18-9-21-12-26(18)3/h4-9,11-13H,10H2,1-3H3,(H,22,25,28). The van der Waals surface area contributed by atoms with Crippen LogP contribution in [0.3, 0.4) is 0 Å². The van der Waals surface area contributed by atoms with Crippen molar-refractivity contribution >= 4 is 22.6 Å². The van der Waals surface area contributed by atoms with Crippen LogP contribution in [0.2, 0.25) is 0 Å². The second-order valence-electron chi connectivity index (χ2n) is 7.15. The van der Waals surface area contributed by atoms with E-state index in [-0.39, 0.29) is 5.91 Å². The minimum Gasteiger partial charge on any atom is -0.332 e. The normalized spacial score (nSPS) is 11.3. The van der Waals surface area contributed by atoms with Crippen molar-refractivity contribution in [3.05, 3.63) is 54.9 Å². The van der Waals surface area contributed by atoms with Gasteiger partial charge in [0.2, 0.25) is 0 Å². The molecule has 0 aromatic carbocycles. The summed E-state index contributed by atoms with van der Waals surface area (Å²) in [7, 11) is 1.92.